The van der Waals surface area contributed by atoms with Crippen molar-refractivity contribution in [2.75, 3.05) is 6.54 Å². The van der Waals surface area contributed by atoms with Gasteiger partial charge in [-0.3, -0.25) is 0 Å². The Balaban J connectivity index is 2.02. The first-order chi connectivity index (χ1) is 7.79. The number of phenols is 1. The molecule has 0 aliphatic heterocycles. The van der Waals surface area contributed by atoms with Gasteiger partial charge in [0.15, 0.2) is 0 Å². The molecular weight excluding hydrogens is 198 g/mol. The van der Waals surface area contributed by atoms with Crippen LogP contribution in [0.3, 0.4) is 0 Å². The Bertz CT molecular complexity index is 320. The summed E-state index contributed by atoms with van der Waals surface area (Å²) in [5.41, 5.74) is 7.11. The third kappa shape index (κ3) is 2.76. The molecule has 88 valence electrons. The first-order valence-corrected chi connectivity index (χ1v) is 6.28. The van der Waals surface area contributed by atoms with Crippen molar-refractivity contribution >= 4 is 0 Å². The molecule has 0 saturated heterocycles. The smallest absolute Gasteiger partial charge is 0.115 e. The number of rotatable bonds is 2. The zero-order valence-corrected chi connectivity index (χ0v) is 9.73. The zero-order chi connectivity index (χ0) is 11.4. The maximum atomic E-state index is 9.27. The van der Waals surface area contributed by atoms with E-state index in [9.17, 15) is 5.11 Å². The maximum absolute atomic E-state index is 9.27. The second-order valence-electron chi connectivity index (χ2n) is 4.90. The number of phenolic OH excluding ortho intramolecular Hbond substituents is 1. The summed E-state index contributed by atoms with van der Waals surface area (Å²) in [5, 5.41) is 9.27. The van der Waals surface area contributed by atoms with E-state index in [4.69, 9.17) is 5.73 Å². The normalized spacial score (nSPS) is 26.3. The van der Waals surface area contributed by atoms with Crippen LogP contribution < -0.4 is 5.73 Å². The van der Waals surface area contributed by atoms with Crippen LogP contribution in [0.4, 0.5) is 0 Å². The van der Waals surface area contributed by atoms with Crippen molar-refractivity contribution in [1.82, 2.24) is 0 Å². The SMILES string of the molecule is NC[C@H]1CCC[C@@H](c2ccc(O)cc2)CC1. The third-order valence-electron chi connectivity index (χ3n) is 3.79. The predicted molar refractivity (Wildman–Crippen MR) is 66.5 cm³/mol. The van der Waals surface area contributed by atoms with E-state index < -0.39 is 0 Å². The lowest BCUT2D eigenvalue weighted by Crippen LogP contribution is -2.13. The lowest BCUT2D eigenvalue weighted by atomic mass is 9.91. The Hall–Kier alpha value is -1.02. The van der Waals surface area contributed by atoms with Crippen LogP contribution >= 0.6 is 0 Å². The monoisotopic (exact) mass is 219 g/mol. The molecular formula is C14H21NO. The molecule has 2 heteroatoms. The Morgan fingerprint density at radius 1 is 1.06 bits per heavy atom. The summed E-state index contributed by atoms with van der Waals surface area (Å²) in [6.45, 7) is 0.836. The van der Waals surface area contributed by atoms with Gasteiger partial charge in [-0.25, -0.2) is 0 Å². The van der Waals surface area contributed by atoms with Crippen LogP contribution in [0.5, 0.6) is 5.75 Å². The molecule has 0 heterocycles. The highest BCUT2D eigenvalue weighted by atomic mass is 16.3. The van der Waals surface area contributed by atoms with Gasteiger partial charge in [0.2, 0.25) is 0 Å². The summed E-state index contributed by atoms with van der Waals surface area (Å²) in [6, 6.07) is 7.70. The molecule has 16 heavy (non-hydrogen) atoms. The van der Waals surface area contributed by atoms with Crippen LogP contribution in [0.15, 0.2) is 24.3 Å². The highest BCUT2D eigenvalue weighted by molar-refractivity contribution is 5.28. The molecule has 0 bridgehead atoms. The summed E-state index contributed by atoms with van der Waals surface area (Å²) >= 11 is 0. The predicted octanol–water partition coefficient (Wildman–Crippen LogP) is 3.01. The van der Waals surface area contributed by atoms with Crippen molar-refractivity contribution in [3.63, 3.8) is 0 Å². The summed E-state index contributed by atoms with van der Waals surface area (Å²) in [7, 11) is 0. The molecule has 1 aromatic rings. The minimum atomic E-state index is 0.359. The zero-order valence-electron chi connectivity index (χ0n) is 9.73. The molecule has 0 radical (unpaired) electrons. The van der Waals surface area contributed by atoms with Gasteiger partial charge in [0.25, 0.3) is 0 Å². The minimum absolute atomic E-state index is 0.359. The standard InChI is InChI=1S/C14H21NO/c15-10-11-2-1-3-12(5-4-11)13-6-8-14(16)9-7-13/h6-9,11-12,16H,1-5,10,15H2/t11-,12+/m0/s1. The summed E-state index contributed by atoms with van der Waals surface area (Å²) < 4.78 is 0. The molecule has 2 atom stereocenters. The Morgan fingerprint density at radius 3 is 2.50 bits per heavy atom. The maximum Gasteiger partial charge on any atom is 0.115 e. The first kappa shape index (κ1) is 11.5. The van der Waals surface area contributed by atoms with E-state index in [-0.39, 0.29) is 0 Å². The highest BCUT2D eigenvalue weighted by Crippen LogP contribution is 2.34. The fourth-order valence-electron chi connectivity index (χ4n) is 2.69. The first-order valence-electron chi connectivity index (χ1n) is 6.28. The molecule has 0 spiro atoms. The van der Waals surface area contributed by atoms with Gasteiger partial charge in [-0.2, -0.15) is 0 Å². The van der Waals surface area contributed by atoms with E-state index in [1.54, 1.807) is 12.1 Å². The Morgan fingerprint density at radius 2 is 1.81 bits per heavy atom. The third-order valence-corrected chi connectivity index (χ3v) is 3.79. The van der Waals surface area contributed by atoms with E-state index in [0.29, 0.717) is 11.7 Å². The van der Waals surface area contributed by atoms with Gasteiger partial charge in [-0.15, -0.1) is 0 Å². The van der Waals surface area contributed by atoms with Crippen molar-refractivity contribution in [2.24, 2.45) is 11.7 Å². The second kappa shape index (κ2) is 5.35. The van der Waals surface area contributed by atoms with Crippen molar-refractivity contribution < 1.29 is 5.11 Å². The number of benzene rings is 1. The van der Waals surface area contributed by atoms with Gasteiger partial charge >= 0.3 is 0 Å². The number of nitrogens with two attached hydrogens (primary N) is 1. The quantitative estimate of drug-likeness (QED) is 0.751. The van der Waals surface area contributed by atoms with Crippen molar-refractivity contribution in [3.8, 4) is 5.75 Å². The Labute approximate surface area is 97.5 Å². The van der Waals surface area contributed by atoms with Gasteiger partial charge in [0.1, 0.15) is 5.75 Å². The van der Waals surface area contributed by atoms with Crippen LogP contribution in [0.2, 0.25) is 0 Å². The van der Waals surface area contributed by atoms with Crippen LogP contribution in [-0.2, 0) is 0 Å². The highest BCUT2D eigenvalue weighted by Gasteiger charge is 2.19. The van der Waals surface area contributed by atoms with Crippen molar-refractivity contribution in [3.05, 3.63) is 29.8 Å². The largest absolute Gasteiger partial charge is 0.508 e. The average Bonchev–Trinajstić information content (AvgIpc) is 2.55. The number of hydrogen-bond donors (Lipinski definition) is 2. The lowest BCUT2D eigenvalue weighted by Gasteiger charge is -2.15. The van der Waals surface area contributed by atoms with Crippen molar-refractivity contribution in [1.29, 1.82) is 0 Å². The summed E-state index contributed by atoms with van der Waals surface area (Å²) in [6.07, 6.45) is 6.33. The molecule has 0 unspecified atom stereocenters. The van der Waals surface area contributed by atoms with E-state index in [0.717, 1.165) is 12.5 Å². The topological polar surface area (TPSA) is 46.2 Å². The fourth-order valence-corrected chi connectivity index (χ4v) is 2.69. The van der Waals surface area contributed by atoms with Gasteiger partial charge in [0, 0.05) is 0 Å². The molecule has 1 aliphatic carbocycles. The van der Waals surface area contributed by atoms with E-state index in [1.165, 1.54) is 37.7 Å². The molecule has 1 aliphatic rings. The van der Waals surface area contributed by atoms with Crippen LogP contribution in [0, 0.1) is 5.92 Å². The molecule has 0 aromatic heterocycles. The summed E-state index contributed by atoms with van der Waals surface area (Å²) in [5.74, 6) is 1.75. The fraction of sp³-hybridized carbons (Fsp3) is 0.571. The van der Waals surface area contributed by atoms with Gasteiger partial charge < -0.3 is 10.8 Å². The molecule has 1 fully saturated rings. The van der Waals surface area contributed by atoms with Crippen LogP contribution in [0.25, 0.3) is 0 Å². The van der Waals surface area contributed by atoms with Crippen LogP contribution in [-0.4, -0.2) is 11.7 Å². The minimum Gasteiger partial charge on any atom is -0.508 e. The van der Waals surface area contributed by atoms with E-state index in [2.05, 4.69) is 12.1 Å². The van der Waals surface area contributed by atoms with Crippen molar-refractivity contribution in [2.45, 2.75) is 38.0 Å². The van der Waals surface area contributed by atoms with Crippen LogP contribution in [0.1, 0.15) is 43.6 Å². The molecule has 0 amide bonds. The molecule has 3 N–H and O–H groups in total. The van der Waals surface area contributed by atoms with E-state index >= 15 is 0 Å². The average molecular weight is 219 g/mol. The second-order valence-corrected chi connectivity index (χ2v) is 4.90. The molecule has 2 nitrogen and oxygen atoms in total. The molecule has 1 saturated carbocycles. The van der Waals surface area contributed by atoms with Gasteiger partial charge in [-0.05, 0) is 61.8 Å². The number of hydrogen-bond acceptors (Lipinski definition) is 2. The van der Waals surface area contributed by atoms with Gasteiger partial charge in [0.05, 0.1) is 0 Å². The van der Waals surface area contributed by atoms with Gasteiger partial charge in [-0.1, -0.05) is 18.6 Å². The molecule has 2 rings (SSSR count). The lowest BCUT2D eigenvalue weighted by molar-refractivity contribution is 0.466. The summed E-state index contributed by atoms with van der Waals surface area (Å²) in [4.78, 5) is 0. The molecule has 1 aromatic carbocycles. The Kier molecular flexibility index (Phi) is 3.83. The number of aromatic hydroxyl groups is 1. The van der Waals surface area contributed by atoms with E-state index in [1.807, 2.05) is 0 Å².